The monoisotopic (exact) mass is 356 g/mol. The molecule has 0 radical (unpaired) electrons. The summed E-state index contributed by atoms with van der Waals surface area (Å²) in [5.74, 6) is -1.05. The van der Waals surface area contributed by atoms with Gasteiger partial charge >= 0.3 is 0 Å². The SMILES string of the molecule is O=C(Cn1cnc2ccccc2c1=O)NNC(=O)c1ccc(Cl)cc1. The van der Waals surface area contributed by atoms with Crippen LogP contribution in [0.3, 0.4) is 0 Å². The van der Waals surface area contributed by atoms with E-state index in [1.807, 2.05) is 0 Å². The zero-order valence-electron chi connectivity index (χ0n) is 12.9. The van der Waals surface area contributed by atoms with Gasteiger partial charge in [-0.05, 0) is 36.4 Å². The fourth-order valence-corrected chi connectivity index (χ4v) is 2.34. The van der Waals surface area contributed by atoms with Gasteiger partial charge in [-0.25, -0.2) is 4.98 Å². The van der Waals surface area contributed by atoms with Crippen LogP contribution < -0.4 is 16.4 Å². The number of hydrogen-bond donors (Lipinski definition) is 2. The summed E-state index contributed by atoms with van der Waals surface area (Å²) < 4.78 is 1.17. The molecule has 0 bridgehead atoms. The Bertz CT molecular complexity index is 999. The normalized spacial score (nSPS) is 10.4. The van der Waals surface area contributed by atoms with Gasteiger partial charge in [0, 0.05) is 10.6 Å². The summed E-state index contributed by atoms with van der Waals surface area (Å²) in [4.78, 5) is 40.3. The van der Waals surface area contributed by atoms with Crippen molar-refractivity contribution in [3.05, 3.63) is 75.8 Å². The van der Waals surface area contributed by atoms with Crippen LogP contribution in [0.5, 0.6) is 0 Å². The molecule has 3 aromatic rings. The third-order valence-electron chi connectivity index (χ3n) is 3.47. The lowest BCUT2D eigenvalue weighted by atomic mass is 10.2. The van der Waals surface area contributed by atoms with E-state index >= 15 is 0 Å². The van der Waals surface area contributed by atoms with Gasteiger partial charge < -0.3 is 0 Å². The van der Waals surface area contributed by atoms with Gasteiger partial charge in [-0.1, -0.05) is 23.7 Å². The summed E-state index contributed by atoms with van der Waals surface area (Å²) in [5.41, 5.74) is 5.11. The third-order valence-corrected chi connectivity index (χ3v) is 3.72. The zero-order chi connectivity index (χ0) is 17.8. The van der Waals surface area contributed by atoms with Crippen LogP contribution in [-0.2, 0) is 11.3 Å². The van der Waals surface area contributed by atoms with Gasteiger partial charge in [0.25, 0.3) is 17.4 Å². The molecular formula is C17H13ClN4O3. The van der Waals surface area contributed by atoms with Crippen molar-refractivity contribution in [3.63, 3.8) is 0 Å². The van der Waals surface area contributed by atoms with Gasteiger partial charge in [-0.15, -0.1) is 0 Å². The molecule has 2 amide bonds. The van der Waals surface area contributed by atoms with Crippen LogP contribution in [0.1, 0.15) is 10.4 Å². The van der Waals surface area contributed by atoms with Gasteiger partial charge in [-0.3, -0.25) is 29.8 Å². The number of rotatable bonds is 3. The number of nitrogens with one attached hydrogen (secondary N) is 2. The van der Waals surface area contributed by atoms with Crippen molar-refractivity contribution >= 4 is 34.3 Å². The van der Waals surface area contributed by atoms with Crippen molar-refractivity contribution in [3.8, 4) is 0 Å². The molecule has 0 atom stereocenters. The molecule has 8 heteroatoms. The quantitative estimate of drug-likeness (QED) is 0.696. The fourth-order valence-electron chi connectivity index (χ4n) is 2.21. The number of para-hydroxylation sites is 1. The molecule has 2 aromatic carbocycles. The molecule has 2 N–H and O–H groups in total. The molecule has 0 saturated heterocycles. The molecule has 25 heavy (non-hydrogen) atoms. The molecule has 126 valence electrons. The lowest BCUT2D eigenvalue weighted by molar-refractivity contribution is -0.122. The number of carbonyl (C=O) groups excluding carboxylic acids is 2. The average molecular weight is 357 g/mol. The van der Waals surface area contributed by atoms with Crippen LogP contribution in [0, 0.1) is 0 Å². The summed E-state index contributed by atoms with van der Waals surface area (Å²) in [6.07, 6.45) is 1.30. The Balaban J connectivity index is 1.65. The van der Waals surface area contributed by atoms with E-state index < -0.39 is 11.8 Å². The molecule has 1 heterocycles. The third kappa shape index (κ3) is 3.84. The topological polar surface area (TPSA) is 93.1 Å². The smallest absolute Gasteiger partial charge is 0.269 e. The lowest BCUT2D eigenvalue weighted by Crippen LogP contribution is -2.44. The number of benzene rings is 2. The van der Waals surface area contributed by atoms with Crippen molar-refractivity contribution in [2.75, 3.05) is 0 Å². The lowest BCUT2D eigenvalue weighted by Gasteiger charge is -2.09. The summed E-state index contributed by atoms with van der Waals surface area (Å²) in [6.45, 7) is -0.266. The average Bonchev–Trinajstić information content (AvgIpc) is 2.63. The second-order valence-electron chi connectivity index (χ2n) is 5.20. The Morgan fingerprint density at radius 2 is 1.76 bits per heavy atom. The van der Waals surface area contributed by atoms with Crippen molar-refractivity contribution < 1.29 is 9.59 Å². The number of halogens is 1. The molecule has 1 aromatic heterocycles. The number of hydrogen-bond acceptors (Lipinski definition) is 4. The maximum Gasteiger partial charge on any atom is 0.269 e. The minimum Gasteiger partial charge on any atom is -0.289 e. The van der Waals surface area contributed by atoms with Gasteiger partial charge in [0.05, 0.1) is 17.2 Å². The molecule has 0 aliphatic carbocycles. The van der Waals surface area contributed by atoms with Crippen molar-refractivity contribution in [2.45, 2.75) is 6.54 Å². The highest BCUT2D eigenvalue weighted by Crippen LogP contribution is 2.09. The Morgan fingerprint density at radius 3 is 2.52 bits per heavy atom. The van der Waals surface area contributed by atoms with E-state index in [1.54, 1.807) is 36.4 Å². The first-order valence-corrected chi connectivity index (χ1v) is 7.71. The molecule has 0 aliphatic rings. The number of aromatic nitrogens is 2. The number of hydrazine groups is 1. The molecule has 0 saturated carbocycles. The van der Waals surface area contributed by atoms with Crippen LogP contribution in [0.4, 0.5) is 0 Å². The molecule has 0 aliphatic heterocycles. The number of fused-ring (bicyclic) bond motifs is 1. The maximum absolute atomic E-state index is 12.3. The molecular weight excluding hydrogens is 344 g/mol. The van der Waals surface area contributed by atoms with Crippen molar-refractivity contribution in [1.29, 1.82) is 0 Å². The van der Waals surface area contributed by atoms with E-state index in [4.69, 9.17) is 11.6 Å². The van der Waals surface area contributed by atoms with E-state index in [9.17, 15) is 14.4 Å². The summed E-state index contributed by atoms with van der Waals surface area (Å²) in [6, 6.07) is 13.1. The Morgan fingerprint density at radius 1 is 1.04 bits per heavy atom. The first kappa shape index (κ1) is 16.7. The van der Waals surface area contributed by atoms with E-state index in [0.29, 0.717) is 21.5 Å². The Labute approximate surface area is 147 Å². The second-order valence-corrected chi connectivity index (χ2v) is 5.64. The van der Waals surface area contributed by atoms with Crippen LogP contribution in [0.25, 0.3) is 10.9 Å². The van der Waals surface area contributed by atoms with Gasteiger partial charge in [-0.2, -0.15) is 0 Å². The van der Waals surface area contributed by atoms with Crippen LogP contribution in [0.15, 0.2) is 59.7 Å². The predicted octanol–water partition coefficient (Wildman–Crippen LogP) is 1.51. The number of amides is 2. The first-order valence-electron chi connectivity index (χ1n) is 7.33. The molecule has 0 unspecified atom stereocenters. The first-order chi connectivity index (χ1) is 12.0. The van der Waals surface area contributed by atoms with Crippen molar-refractivity contribution in [2.24, 2.45) is 0 Å². The van der Waals surface area contributed by atoms with Gasteiger partial charge in [0.15, 0.2) is 0 Å². The summed E-state index contributed by atoms with van der Waals surface area (Å²) in [7, 11) is 0. The fraction of sp³-hybridized carbons (Fsp3) is 0.0588. The standard InChI is InChI=1S/C17H13ClN4O3/c18-12-7-5-11(6-8-12)16(24)21-20-15(23)9-22-10-19-14-4-2-1-3-13(14)17(22)25/h1-8,10H,9H2,(H,20,23)(H,21,24). The highest BCUT2D eigenvalue weighted by Gasteiger charge is 2.10. The van der Waals surface area contributed by atoms with Crippen LogP contribution in [0.2, 0.25) is 5.02 Å². The highest BCUT2D eigenvalue weighted by atomic mass is 35.5. The molecule has 0 fully saturated rings. The number of nitrogens with zero attached hydrogens (tertiary/aromatic N) is 2. The zero-order valence-corrected chi connectivity index (χ0v) is 13.7. The largest absolute Gasteiger partial charge is 0.289 e. The Hall–Kier alpha value is -3.19. The Kier molecular flexibility index (Phi) is 4.76. The molecule has 3 rings (SSSR count). The minimum atomic E-state index is -0.554. The van der Waals surface area contributed by atoms with Crippen LogP contribution in [-0.4, -0.2) is 21.4 Å². The summed E-state index contributed by atoms with van der Waals surface area (Å²) >= 11 is 5.75. The van der Waals surface area contributed by atoms with Gasteiger partial charge in [0.2, 0.25) is 0 Å². The minimum absolute atomic E-state index is 0.266. The molecule has 7 nitrogen and oxygen atoms in total. The number of carbonyl (C=O) groups is 2. The van der Waals surface area contributed by atoms with E-state index in [0.717, 1.165) is 0 Å². The van der Waals surface area contributed by atoms with E-state index in [2.05, 4.69) is 15.8 Å². The van der Waals surface area contributed by atoms with E-state index in [-0.39, 0.29) is 12.1 Å². The predicted molar refractivity (Wildman–Crippen MR) is 93.1 cm³/mol. The highest BCUT2D eigenvalue weighted by molar-refractivity contribution is 6.30. The van der Waals surface area contributed by atoms with Crippen molar-refractivity contribution in [1.82, 2.24) is 20.4 Å². The van der Waals surface area contributed by atoms with Crippen LogP contribution >= 0.6 is 11.6 Å². The maximum atomic E-state index is 12.3. The van der Waals surface area contributed by atoms with Gasteiger partial charge in [0.1, 0.15) is 6.54 Å². The second kappa shape index (κ2) is 7.14. The van der Waals surface area contributed by atoms with E-state index in [1.165, 1.54) is 23.0 Å². The summed E-state index contributed by atoms with van der Waals surface area (Å²) in [5, 5.41) is 0.923. The molecule has 0 spiro atoms.